The fraction of sp³-hybridized carbons (Fsp3) is 0.500. The van der Waals surface area contributed by atoms with E-state index in [1.54, 1.807) is 6.20 Å². The predicted molar refractivity (Wildman–Crippen MR) is 93.7 cm³/mol. The largest absolute Gasteiger partial charge is 0.372 e. The molecule has 0 aliphatic carbocycles. The number of hydrogen-bond donors (Lipinski definition) is 1. The van der Waals surface area contributed by atoms with Crippen molar-refractivity contribution in [3.8, 4) is 0 Å². The number of nitrogens with one attached hydrogen (secondary N) is 1. The van der Waals surface area contributed by atoms with Gasteiger partial charge in [-0.3, -0.25) is 4.79 Å². The molecular weight excluding hydrogens is 326 g/mol. The first-order valence-corrected chi connectivity index (χ1v) is 8.83. The molecule has 2 aromatic rings. The smallest absolute Gasteiger partial charge is 0.269 e. The van der Waals surface area contributed by atoms with E-state index in [-0.39, 0.29) is 18.1 Å². The van der Waals surface area contributed by atoms with Gasteiger partial charge in [-0.15, -0.1) is 5.10 Å². The molecule has 3 heterocycles. The second-order valence-corrected chi connectivity index (χ2v) is 6.68. The molecule has 0 spiro atoms. The second-order valence-electron chi connectivity index (χ2n) is 5.92. The van der Waals surface area contributed by atoms with Crippen molar-refractivity contribution in [3.63, 3.8) is 0 Å². The van der Waals surface area contributed by atoms with Gasteiger partial charge in [0.25, 0.3) is 5.91 Å². The lowest BCUT2D eigenvalue weighted by Crippen LogP contribution is -2.45. The Balaban J connectivity index is 1.67. The zero-order chi connectivity index (χ0) is 17.1. The number of aryl methyl sites for hydroxylation is 1. The maximum absolute atomic E-state index is 12.3. The molecule has 3 rings (SSSR count). The van der Waals surface area contributed by atoms with E-state index in [0.717, 1.165) is 36.1 Å². The minimum Gasteiger partial charge on any atom is -0.372 e. The molecule has 1 fully saturated rings. The molecule has 1 N–H and O–H groups in total. The van der Waals surface area contributed by atoms with Gasteiger partial charge in [-0.2, -0.15) is 0 Å². The maximum atomic E-state index is 12.3. The summed E-state index contributed by atoms with van der Waals surface area (Å²) in [6, 6.07) is 3.79. The van der Waals surface area contributed by atoms with Crippen molar-refractivity contribution in [2.75, 3.05) is 23.3 Å². The highest BCUT2D eigenvalue weighted by atomic mass is 32.1. The third kappa shape index (κ3) is 3.70. The van der Waals surface area contributed by atoms with Gasteiger partial charge in [0, 0.05) is 13.1 Å². The van der Waals surface area contributed by atoms with Crippen LogP contribution in [0.25, 0.3) is 0 Å². The zero-order valence-electron chi connectivity index (χ0n) is 14.0. The minimum atomic E-state index is -0.190. The normalized spacial score (nSPS) is 20.9. The molecule has 1 saturated heterocycles. The zero-order valence-corrected chi connectivity index (χ0v) is 14.8. The Morgan fingerprint density at radius 1 is 1.38 bits per heavy atom. The molecule has 0 aromatic carbocycles. The first-order valence-electron chi connectivity index (χ1n) is 8.05. The van der Waals surface area contributed by atoms with Crippen molar-refractivity contribution in [2.24, 2.45) is 0 Å². The quantitative estimate of drug-likeness (QED) is 0.914. The number of aromatic nitrogens is 3. The van der Waals surface area contributed by atoms with E-state index in [2.05, 4.69) is 38.6 Å². The number of anilines is 2. The Bertz CT molecular complexity index is 693. The predicted octanol–water partition coefficient (Wildman–Crippen LogP) is 2.36. The molecule has 1 aliphatic rings. The molecule has 7 nitrogen and oxygen atoms in total. The number of carbonyl (C=O) groups excluding carboxylic acids is 1. The van der Waals surface area contributed by atoms with Crippen LogP contribution in [0.2, 0.25) is 0 Å². The molecule has 2 atom stereocenters. The Labute approximate surface area is 145 Å². The van der Waals surface area contributed by atoms with Crippen LogP contribution in [0.3, 0.4) is 0 Å². The molecule has 2 aromatic heterocycles. The number of pyridine rings is 1. The molecule has 128 valence electrons. The third-order valence-corrected chi connectivity index (χ3v) is 4.61. The third-order valence-electron chi connectivity index (χ3n) is 3.85. The standard InChI is InChI=1S/C16H21N5O2S/c1-4-13-15(24-20-19-13)16(22)18-12-5-6-14(17-7-12)21-8-10(2)23-11(3)9-21/h5-7,10-11H,4,8-9H2,1-3H3,(H,18,22)/t10-,11-/m0/s1. The van der Waals surface area contributed by atoms with Gasteiger partial charge in [-0.25, -0.2) is 4.98 Å². The fourth-order valence-electron chi connectivity index (χ4n) is 2.81. The fourth-order valence-corrected chi connectivity index (χ4v) is 3.46. The van der Waals surface area contributed by atoms with Crippen molar-refractivity contribution in [2.45, 2.75) is 39.4 Å². The van der Waals surface area contributed by atoms with Gasteiger partial charge in [0.1, 0.15) is 10.7 Å². The van der Waals surface area contributed by atoms with Gasteiger partial charge in [0.2, 0.25) is 0 Å². The first kappa shape index (κ1) is 16.8. The number of amides is 1. The summed E-state index contributed by atoms with van der Waals surface area (Å²) >= 11 is 1.11. The summed E-state index contributed by atoms with van der Waals surface area (Å²) in [6.45, 7) is 7.70. The Morgan fingerprint density at radius 3 is 2.75 bits per heavy atom. The molecule has 24 heavy (non-hydrogen) atoms. The van der Waals surface area contributed by atoms with Crippen LogP contribution in [-0.2, 0) is 11.2 Å². The van der Waals surface area contributed by atoms with Crippen molar-refractivity contribution in [3.05, 3.63) is 28.9 Å². The van der Waals surface area contributed by atoms with E-state index in [1.165, 1.54) is 0 Å². The van der Waals surface area contributed by atoms with Crippen LogP contribution in [-0.4, -0.2) is 45.8 Å². The Hall–Kier alpha value is -2.06. The van der Waals surface area contributed by atoms with E-state index in [0.29, 0.717) is 17.0 Å². The lowest BCUT2D eigenvalue weighted by atomic mass is 10.2. The van der Waals surface area contributed by atoms with Crippen LogP contribution in [0.5, 0.6) is 0 Å². The van der Waals surface area contributed by atoms with Crippen molar-refractivity contribution < 1.29 is 9.53 Å². The summed E-state index contributed by atoms with van der Waals surface area (Å²) in [4.78, 5) is 19.5. The van der Waals surface area contributed by atoms with Gasteiger partial charge < -0.3 is 15.0 Å². The molecule has 0 radical (unpaired) electrons. The second kappa shape index (κ2) is 7.23. The van der Waals surface area contributed by atoms with Crippen molar-refractivity contribution in [1.29, 1.82) is 0 Å². The highest BCUT2D eigenvalue weighted by Crippen LogP contribution is 2.20. The van der Waals surface area contributed by atoms with Gasteiger partial charge in [0.05, 0.1) is 29.8 Å². The summed E-state index contributed by atoms with van der Waals surface area (Å²) in [6.07, 6.45) is 2.73. The van der Waals surface area contributed by atoms with E-state index in [9.17, 15) is 4.79 Å². The van der Waals surface area contributed by atoms with Crippen LogP contribution in [0.15, 0.2) is 18.3 Å². The van der Waals surface area contributed by atoms with Crippen LogP contribution in [0.1, 0.15) is 36.1 Å². The number of rotatable bonds is 4. The number of ether oxygens (including phenoxy) is 1. The molecule has 0 bridgehead atoms. The molecule has 1 aliphatic heterocycles. The maximum Gasteiger partial charge on any atom is 0.269 e. The van der Waals surface area contributed by atoms with Gasteiger partial charge >= 0.3 is 0 Å². The summed E-state index contributed by atoms with van der Waals surface area (Å²) < 4.78 is 9.58. The number of carbonyl (C=O) groups is 1. The Kier molecular flexibility index (Phi) is 5.06. The molecule has 8 heteroatoms. The van der Waals surface area contributed by atoms with E-state index in [1.807, 2.05) is 19.1 Å². The van der Waals surface area contributed by atoms with Gasteiger partial charge in [-0.05, 0) is 43.9 Å². The molecule has 0 unspecified atom stereocenters. The average molecular weight is 347 g/mol. The molecular formula is C16H21N5O2S. The molecule has 1 amide bonds. The van der Waals surface area contributed by atoms with Gasteiger partial charge in [0.15, 0.2) is 0 Å². The number of morpholine rings is 1. The Morgan fingerprint density at radius 2 is 2.12 bits per heavy atom. The summed E-state index contributed by atoms with van der Waals surface area (Å²) in [7, 11) is 0. The van der Waals surface area contributed by atoms with Crippen LogP contribution >= 0.6 is 11.5 Å². The van der Waals surface area contributed by atoms with E-state index < -0.39 is 0 Å². The summed E-state index contributed by atoms with van der Waals surface area (Å²) in [5.41, 5.74) is 1.38. The number of hydrogen-bond acceptors (Lipinski definition) is 7. The van der Waals surface area contributed by atoms with Crippen LogP contribution in [0, 0.1) is 0 Å². The lowest BCUT2D eigenvalue weighted by Gasteiger charge is -2.36. The highest BCUT2D eigenvalue weighted by molar-refractivity contribution is 7.08. The van der Waals surface area contributed by atoms with E-state index in [4.69, 9.17) is 4.74 Å². The average Bonchev–Trinajstić information content (AvgIpc) is 3.03. The van der Waals surface area contributed by atoms with Crippen molar-refractivity contribution >= 4 is 28.9 Å². The van der Waals surface area contributed by atoms with E-state index >= 15 is 0 Å². The lowest BCUT2D eigenvalue weighted by molar-refractivity contribution is -0.00545. The SMILES string of the molecule is CCc1nnsc1C(=O)Nc1ccc(N2C[C@H](C)O[C@@H](C)C2)nc1. The number of nitrogens with zero attached hydrogens (tertiary/aromatic N) is 4. The summed E-state index contributed by atoms with van der Waals surface area (Å²) in [5.74, 6) is 0.703. The topological polar surface area (TPSA) is 80.2 Å². The minimum absolute atomic E-state index is 0.182. The van der Waals surface area contributed by atoms with Crippen molar-refractivity contribution in [1.82, 2.24) is 14.6 Å². The molecule has 0 saturated carbocycles. The highest BCUT2D eigenvalue weighted by Gasteiger charge is 2.23. The van der Waals surface area contributed by atoms with Crippen LogP contribution in [0.4, 0.5) is 11.5 Å². The van der Waals surface area contributed by atoms with Crippen LogP contribution < -0.4 is 10.2 Å². The monoisotopic (exact) mass is 347 g/mol. The first-order chi connectivity index (χ1) is 11.6. The summed E-state index contributed by atoms with van der Waals surface area (Å²) in [5, 5.41) is 6.81. The van der Waals surface area contributed by atoms with Gasteiger partial charge in [-0.1, -0.05) is 11.4 Å².